The van der Waals surface area contributed by atoms with Gasteiger partial charge in [-0.15, -0.1) is 11.8 Å². The van der Waals surface area contributed by atoms with E-state index in [1.807, 2.05) is 36.0 Å². The summed E-state index contributed by atoms with van der Waals surface area (Å²) in [5.74, 6) is 0. The molecule has 2 aromatic rings. The molecule has 1 nitrogen and oxygen atoms in total. The fraction of sp³-hybridized carbons (Fsp3) is 0.143. The second-order valence-corrected chi connectivity index (χ2v) is 5.16. The Kier molecular flexibility index (Phi) is 3.52. The largest absolute Gasteiger partial charge is 0.399 e. The molecule has 2 heteroatoms. The zero-order valence-corrected chi connectivity index (χ0v) is 10.1. The first-order chi connectivity index (χ1) is 7.75. The lowest BCUT2D eigenvalue weighted by Crippen LogP contribution is -1.88. The average Bonchev–Trinajstić information content (AvgIpc) is 2.30. The van der Waals surface area contributed by atoms with Crippen molar-refractivity contribution in [2.24, 2.45) is 0 Å². The van der Waals surface area contributed by atoms with Crippen LogP contribution >= 0.6 is 11.8 Å². The predicted molar refractivity (Wildman–Crippen MR) is 71.6 cm³/mol. The summed E-state index contributed by atoms with van der Waals surface area (Å²) < 4.78 is 0. The number of thioether (sulfide) groups is 1. The van der Waals surface area contributed by atoms with Crippen molar-refractivity contribution in [2.75, 3.05) is 5.73 Å². The quantitative estimate of drug-likeness (QED) is 0.633. The molecule has 0 heterocycles. The molecule has 0 radical (unpaired) electrons. The summed E-state index contributed by atoms with van der Waals surface area (Å²) in [6, 6.07) is 18.5. The van der Waals surface area contributed by atoms with Crippen molar-refractivity contribution in [3.05, 3.63) is 60.2 Å². The highest BCUT2D eigenvalue weighted by Crippen LogP contribution is 2.34. The Hall–Kier alpha value is -1.41. The molecule has 0 aliphatic heterocycles. The lowest BCUT2D eigenvalue weighted by molar-refractivity contribution is 1.10. The van der Waals surface area contributed by atoms with E-state index in [1.54, 1.807) is 0 Å². The molecular weight excluding hydrogens is 214 g/mol. The number of anilines is 1. The molecule has 2 N–H and O–H groups in total. The van der Waals surface area contributed by atoms with E-state index in [9.17, 15) is 0 Å². The fourth-order valence-corrected chi connectivity index (χ4v) is 2.65. The van der Waals surface area contributed by atoms with Crippen molar-refractivity contribution in [3.8, 4) is 0 Å². The Bertz CT molecular complexity index is 453. The number of benzene rings is 2. The van der Waals surface area contributed by atoms with Crippen LogP contribution in [0.25, 0.3) is 0 Å². The van der Waals surface area contributed by atoms with Gasteiger partial charge in [0.1, 0.15) is 0 Å². The molecule has 0 aromatic heterocycles. The Labute approximate surface area is 101 Å². The van der Waals surface area contributed by atoms with Gasteiger partial charge >= 0.3 is 0 Å². The molecule has 0 saturated carbocycles. The van der Waals surface area contributed by atoms with Gasteiger partial charge in [0.05, 0.1) is 0 Å². The minimum Gasteiger partial charge on any atom is -0.399 e. The van der Waals surface area contributed by atoms with Crippen LogP contribution in [0.2, 0.25) is 0 Å². The molecule has 16 heavy (non-hydrogen) atoms. The fourth-order valence-electron chi connectivity index (χ4n) is 1.58. The molecule has 0 aliphatic carbocycles. The van der Waals surface area contributed by atoms with Gasteiger partial charge in [0, 0.05) is 15.8 Å². The number of hydrogen-bond acceptors (Lipinski definition) is 2. The molecule has 2 rings (SSSR count). The van der Waals surface area contributed by atoms with E-state index < -0.39 is 0 Å². The first-order valence-electron chi connectivity index (χ1n) is 5.33. The van der Waals surface area contributed by atoms with E-state index in [2.05, 4.69) is 37.3 Å². The van der Waals surface area contributed by atoms with Gasteiger partial charge in [0.25, 0.3) is 0 Å². The third kappa shape index (κ3) is 2.80. The minimum atomic E-state index is 0.447. The number of rotatable bonds is 3. The molecule has 0 fully saturated rings. The number of nitrogen functional groups attached to an aromatic ring is 1. The molecule has 0 spiro atoms. The summed E-state index contributed by atoms with van der Waals surface area (Å²) in [4.78, 5) is 1.22. The zero-order valence-electron chi connectivity index (χ0n) is 9.26. The van der Waals surface area contributed by atoms with Crippen LogP contribution in [0.4, 0.5) is 5.69 Å². The molecule has 82 valence electrons. The van der Waals surface area contributed by atoms with Crippen LogP contribution in [0.1, 0.15) is 17.7 Å². The molecule has 0 unspecified atom stereocenters. The highest BCUT2D eigenvalue weighted by atomic mass is 32.2. The van der Waals surface area contributed by atoms with Gasteiger partial charge < -0.3 is 5.73 Å². The second-order valence-electron chi connectivity index (χ2n) is 3.74. The third-order valence-electron chi connectivity index (χ3n) is 2.44. The van der Waals surface area contributed by atoms with Gasteiger partial charge in [-0.1, -0.05) is 36.4 Å². The van der Waals surface area contributed by atoms with Gasteiger partial charge in [-0.3, -0.25) is 0 Å². The van der Waals surface area contributed by atoms with Crippen molar-refractivity contribution in [1.29, 1.82) is 0 Å². The normalized spacial score (nSPS) is 12.3. The van der Waals surface area contributed by atoms with Gasteiger partial charge in [-0.2, -0.15) is 0 Å². The van der Waals surface area contributed by atoms with Crippen LogP contribution in [0.5, 0.6) is 0 Å². The van der Waals surface area contributed by atoms with Crippen LogP contribution in [0, 0.1) is 0 Å². The molecule has 2 aromatic carbocycles. The van der Waals surface area contributed by atoms with E-state index in [0.29, 0.717) is 5.25 Å². The Morgan fingerprint density at radius 2 is 1.75 bits per heavy atom. The Balaban J connectivity index is 2.11. The van der Waals surface area contributed by atoms with Gasteiger partial charge in [0.15, 0.2) is 0 Å². The standard InChI is InChI=1S/C14H15NS/c1-11(12-6-3-2-4-7-12)16-14-9-5-8-13(15)10-14/h2-11H,15H2,1H3/t11-/m0/s1. The second kappa shape index (κ2) is 5.08. The van der Waals surface area contributed by atoms with Crippen LogP contribution in [0.3, 0.4) is 0 Å². The predicted octanol–water partition coefficient (Wildman–Crippen LogP) is 4.12. The molecule has 0 amide bonds. The van der Waals surface area contributed by atoms with E-state index in [1.165, 1.54) is 10.5 Å². The maximum Gasteiger partial charge on any atom is 0.0325 e. The lowest BCUT2D eigenvalue weighted by Gasteiger charge is -2.11. The highest BCUT2D eigenvalue weighted by Gasteiger charge is 2.06. The topological polar surface area (TPSA) is 26.0 Å². The van der Waals surface area contributed by atoms with Crippen molar-refractivity contribution in [2.45, 2.75) is 17.1 Å². The van der Waals surface area contributed by atoms with Gasteiger partial charge in [-0.25, -0.2) is 0 Å². The first-order valence-corrected chi connectivity index (χ1v) is 6.21. The van der Waals surface area contributed by atoms with Crippen molar-refractivity contribution >= 4 is 17.4 Å². The minimum absolute atomic E-state index is 0.447. The van der Waals surface area contributed by atoms with E-state index in [0.717, 1.165) is 5.69 Å². The van der Waals surface area contributed by atoms with Crippen molar-refractivity contribution < 1.29 is 0 Å². The van der Waals surface area contributed by atoms with Crippen LogP contribution < -0.4 is 5.73 Å². The summed E-state index contributed by atoms with van der Waals surface area (Å²) in [6.07, 6.45) is 0. The van der Waals surface area contributed by atoms with E-state index in [-0.39, 0.29) is 0 Å². The first kappa shape index (κ1) is 11.1. The Morgan fingerprint density at radius 3 is 2.44 bits per heavy atom. The number of nitrogens with two attached hydrogens (primary N) is 1. The summed E-state index contributed by atoms with van der Waals surface area (Å²) in [7, 11) is 0. The van der Waals surface area contributed by atoms with Crippen molar-refractivity contribution in [1.82, 2.24) is 0 Å². The van der Waals surface area contributed by atoms with Gasteiger partial charge in [-0.05, 0) is 30.7 Å². The molecule has 0 aliphatic rings. The molecular formula is C14H15NS. The Morgan fingerprint density at radius 1 is 1.00 bits per heavy atom. The molecule has 0 bridgehead atoms. The molecule has 1 atom stereocenters. The van der Waals surface area contributed by atoms with Crippen LogP contribution in [0.15, 0.2) is 59.5 Å². The summed E-state index contributed by atoms with van der Waals surface area (Å²) in [5.41, 5.74) is 7.93. The third-order valence-corrected chi connectivity index (χ3v) is 3.59. The number of hydrogen-bond donors (Lipinski definition) is 1. The van der Waals surface area contributed by atoms with E-state index >= 15 is 0 Å². The summed E-state index contributed by atoms with van der Waals surface area (Å²) in [5, 5.41) is 0.447. The maximum atomic E-state index is 5.76. The van der Waals surface area contributed by atoms with Gasteiger partial charge in [0.2, 0.25) is 0 Å². The summed E-state index contributed by atoms with van der Waals surface area (Å²) >= 11 is 1.83. The monoisotopic (exact) mass is 229 g/mol. The smallest absolute Gasteiger partial charge is 0.0325 e. The van der Waals surface area contributed by atoms with Crippen LogP contribution in [-0.4, -0.2) is 0 Å². The maximum absolute atomic E-state index is 5.76. The van der Waals surface area contributed by atoms with Crippen molar-refractivity contribution in [3.63, 3.8) is 0 Å². The highest BCUT2D eigenvalue weighted by molar-refractivity contribution is 7.99. The lowest BCUT2D eigenvalue weighted by atomic mass is 10.2. The average molecular weight is 229 g/mol. The zero-order chi connectivity index (χ0) is 11.4. The SMILES string of the molecule is C[C@H](Sc1cccc(N)c1)c1ccccc1. The van der Waals surface area contributed by atoms with Crippen LogP contribution in [-0.2, 0) is 0 Å². The molecule has 0 saturated heterocycles. The summed E-state index contributed by atoms with van der Waals surface area (Å²) in [6.45, 7) is 2.21. The van der Waals surface area contributed by atoms with E-state index in [4.69, 9.17) is 5.73 Å².